The number of ether oxygens (including phenoxy) is 2. The van der Waals surface area contributed by atoms with Gasteiger partial charge in [0, 0.05) is 12.1 Å². The van der Waals surface area contributed by atoms with Gasteiger partial charge in [-0.3, -0.25) is 14.4 Å². The molecule has 7 heteroatoms. The SMILES string of the molecule is COC(=O)CCC(=O)Nc1ccc2c(c1)N(Cc1ccccc1)C(=O)CO2. The van der Waals surface area contributed by atoms with Gasteiger partial charge in [-0.2, -0.15) is 0 Å². The predicted octanol–water partition coefficient (Wildman–Crippen LogP) is 2.50. The van der Waals surface area contributed by atoms with Crippen LogP contribution in [0.1, 0.15) is 18.4 Å². The number of esters is 1. The Morgan fingerprint density at radius 2 is 1.93 bits per heavy atom. The molecule has 0 saturated carbocycles. The Labute approximate surface area is 156 Å². The molecular weight excluding hydrogens is 348 g/mol. The smallest absolute Gasteiger partial charge is 0.306 e. The third kappa shape index (κ3) is 4.63. The van der Waals surface area contributed by atoms with E-state index in [9.17, 15) is 14.4 Å². The van der Waals surface area contributed by atoms with Crippen molar-refractivity contribution in [2.75, 3.05) is 23.9 Å². The number of methoxy groups -OCH3 is 1. The predicted molar refractivity (Wildman–Crippen MR) is 99.4 cm³/mol. The molecule has 0 unspecified atom stereocenters. The molecule has 0 radical (unpaired) electrons. The third-order valence-corrected chi connectivity index (χ3v) is 4.15. The van der Waals surface area contributed by atoms with E-state index < -0.39 is 5.97 Å². The van der Waals surface area contributed by atoms with Crippen LogP contribution in [-0.4, -0.2) is 31.5 Å². The summed E-state index contributed by atoms with van der Waals surface area (Å²) in [6.07, 6.45) is 0.0297. The van der Waals surface area contributed by atoms with E-state index >= 15 is 0 Å². The van der Waals surface area contributed by atoms with Crippen LogP contribution in [0.4, 0.5) is 11.4 Å². The van der Waals surface area contributed by atoms with Crippen molar-refractivity contribution in [3.63, 3.8) is 0 Å². The zero-order chi connectivity index (χ0) is 19.2. The number of carbonyl (C=O) groups excluding carboxylic acids is 3. The second kappa shape index (κ2) is 8.35. The van der Waals surface area contributed by atoms with E-state index in [4.69, 9.17) is 4.74 Å². The molecule has 0 saturated heterocycles. The van der Waals surface area contributed by atoms with E-state index in [-0.39, 0.29) is 31.3 Å². The van der Waals surface area contributed by atoms with Crippen LogP contribution in [0.25, 0.3) is 0 Å². The molecule has 2 aromatic carbocycles. The number of amides is 2. The van der Waals surface area contributed by atoms with Crippen molar-refractivity contribution in [1.82, 2.24) is 0 Å². The molecule has 1 aliphatic rings. The summed E-state index contributed by atoms with van der Waals surface area (Å²) in [4.78, 5) is 37.2. The molecule has 1 heterocycles. The van der Waals surface area contributed by atoms with Crippen LogP contribution >= 0.6 is 0 Å². The maximum Gasteiger partial charge on any atom is 0.306 e. The number of hydrogen-bond donors (Lipinski definition) is 1. The summed E-state index contributed by atoms with van der Waals surface area (Å²) in [7, 11) is 1.28. The molecular formula is C20H20N2O5. The minimum atomic E-state index is -0.441. The van der Waals surface area contributed by atoms with Gasteiger partial charge in [-0.1, -0.05) is 30.3 Å². The first-order valence-corrected chi connectivity index (χ1v) is 8.54. The molecule has 0 aromatic heterocycles. The number of anilines is 2. The zero-order valence-corrected chi connectivity index (χ0v) is 14.9. The Bertz CT molecular complexity index is 851. The number of carbonyl (C=O) groups is 3. The molecule has 1 aliphatic heterocycles. The fraction of sp³-hybridized carbons (Fsp3) is 0.250. The summed E-state index contributed by atoms with van der Waals surface area (Å²) in [5.74, 6) is -0.319. The van der Waals surface area contributed by atoms with Crippen molar-refractivity contribution in [3.05, 3.63) is 54.1 Å². The van der Waals surface area contributed by atoms with Gasteiger partial charge < -0.3 is 19.7 Å². The average Bonchev–Trinajstić information content (AvgIpc) is 2.69. The van der Waals surface area contributed by atoms with Crippen molar-refractivity contribution in [3.8, 4) is 5.75 Å². The van der Waals surface area contributed by atoms with Gasteiger partial charge in [0.2, 0.25) is 5.91 Å². The zero-order valence-electron chi connectivity index (χ0n) is 14.9. The summed E-state index contributed by atoms with van der Waals surface area (Å²) in [5.41, 5.74) is 2.12. The number of benzene rings is 2. The lowest BCUT2D eigenvalue weighted by Gasteiger charge is -2.30. The molecule has 2 amide bonds. The van der Waals surface area contributed by atoms with Crippen LogP contribution in [-0.2, 0) is 25.7 Å². The first-order chi connectivity index (χ1) is 13.1. The summed E-state index contributed by atoms with van der Waals surface area (Å²) in [6.45, 7) is 0.389. The van der Waals surface area contributed by atoms with E-state index in [1.54, 1.807) is 23.1 Å². The van der Waals surface area contributed by atoms with Crippen LogP contribution in [0.15, 0.2) is 48.5 Å². The Balaban J connectivity index is 1.76. The normalized spacial score (nSPS) is 12.8. The van der Waals surface area contributed by atoms with Crippen molar-refractivity contribution in [2.45, 2.75) is 19.4 Å². The number of fused-ring (bicyclic) bond motifs is 1. The molecule has 0 bridgehead atoms. The Morgan fingerprint density at radius 1 is 1.15 bits per heavy atom. The van der Waals surface area contributed by atoms with Gasteiger partial charge in [0.1, 0.15) is 5.75 Å². The molecule has 0 atom stereocenters. The topological polar surface area (TPSA) is 84.9 Å². The minimum absolute atomic E-state index is 0.00893. The lowest BCUT2D eigenvalue weighted by molar-refractivity contribution is -0.141. The highest BCUT2D eigenvalue weighted by atomic mass is 16.5. The summed E-state index contributed by atoms with van der Waals surface area (Å²) in [5, 5.41) is 2.73. The first-order valence-electron chi connectivity index (χ1n) is 8.54. The molecule has 3 rings (SSSR count). The van der Waals surface area contributed by atoms with E-state index in [2.05, 4.69) is 10.1 Å². The molecule has 0 fully saturated rings. The van der Waals surface area contributed by atoms with Gasteiger partial charge >= 0.3 is 5.97 Å². The van der Waals surface area contributed by atoms with E-state index in [1.807, 2.05) is 30.3 Å². The third-order valence-electron chi connectivity index (χ3n) is 4.15. The summed E-state index contributed by atoms with van der Waals surface area (Å²) in [6, 6.07) is 14.8. The first kappa shape index (κ1) is 18.4. The van der Waals surface area contributed by atoms with Gasteiger partial charge in [-0.25, -0.2) is 0 Å². The molecule has 0 aliphatic carbocycles. The molecule has 1 N–H and O–H groups in total. The maximum atomic E-state index is 12.4. The monoisotopic (exact) mass is 368 g/mol. The van der Waals surface area contributed by atoms with Gasteiger partial charge in [0.05, 0.1) is 25.8 Å². The molecule has 2 aromatic rings. The second-order valence-corrected chi connectivity index (χ2v) is 6.06. The van der Waals surface area contributed by atoms with Crippen molar-refractivity contribution >= 4 is 29.2 Å². The Morgan fingerprint density at radius 3 is 2.67 bits per heavy atom. The summed E-state index contributed by atoms with van der Waals surface area (Å²) >= 11 is 0. The molecule has 27 heavy (non-hydrogen) atoms. The number of hydrogen-bond acceptors (Lipinski definition) is 5. The van der Waals surface area contributed by atoms with Crippen LogP contribution in [0.2, 0.25) is 0 Å². The highest BCUT2D eigenvalue weighted by Gasteiger charge is 2.26. The standard InChI is InChI=1S/C20H20N2O5/c1-26-20(25)10-9-18(23)21-15-7-8-17-16(11-15)22(19(24)13-27-17)12-14-5-3-2-4-6-14/h2-8,11H,9-10,12-13H2,1H3,(H,21,23). The Kier molecular flexibility index (Phi) is 5.71. The maximum absolute atomic E-state index is 12.4. The largest absolute Gasteiger partial charge is 0.482 e. The Hall–Kier alpha value is -3.35. The fourth-order valence-corrected chi connectivity index (χ4v) is 2.76. The lowest BCUT2D eigenvalue weighted by Crippen LogP contribution is -2.38. The highest BCUT2D eigenvalue weighted by molar-refractivity contribution is 5.99. The quantitative estimate of drug-likeness (QED) is 0.792. The highest BCUT2D eigenvalue weighted by Crippen LogP contribution is 2.35. The van der Waals surface area contributed by atoms with Crippen molar-refractivity contribution in [2.24, 2.45) is 0 Å². The molecule has 0 spiro atoms. The van der Waals surface area contributed by atoms with Gasteiger partial charge in [-0.15, -0.1) is 0 Å². The summed E-state index contributed by atoms with van der Waals surface area (Å²) < 4.78 is 10.0. The van der Waals surface area contributed by atoms with Crippen LogP contribution in [0.3, 0.4) is 0 Å². The van der Waals surface area contributed by atoms with Crippen LogP contribution in [0.5, 0.6) is 5.75 Å². The molecule has 140 valence electrons. The van der Waals surface area contributed by atoms with Crippen molar-refractivity contribution < 1.29 is 23.9 Å². The average molecular weight is 368 g/mol. The second-order valence-electron chi connectivity index (χ2n) is 6.06. The van der Waals surface area contributed by atoms with Crippen molar-refractivity contribution in [1.29, 1.82) is 0 Å². The van der Waals surface area contributed by atoms with Gasteiger partial charge in [0.15, 0.2) is 6.61 Å². The number of rotatable bonds is 6. The number of nitrogens with one attached hydrogen (secondary N) is 1. The van der Waals surface area contributed by atoms with E-state index in [1.165, 1.54) is 7.11 Å². The fourth-order valence-electron chi connectivity index (χ4n) is 2.76. The minimum Gasteiger partial charge on any atom is -0.482 e. The van der Waals surface area contributed by atoms with E-state index in [0.717, 1.165) is 5.56 Å². The lowest BCUT2D eigenvalue weighted by atomic mass is 10.1. The van der Waals surface area contributed by atoms with Crippen LogP contribution < -0.4 is 15.0 Å². The molecule has 7 nitrogen and oxygen atoms in total. The van der Waals surface area contributed by atoms with Gasteiger partial charge in [-0.05, 0) is 23.8 Å². The van der Waals surface area contributed by atoms with Crippen LogP contribution in [0, 0.1) is 0 Å². The van der Waals surface area contributed by atoms with E-state index in [0.29, 0.717) is 23.7 Å². The number of nitrogens with zero attached hydrogens (tertiary/aromatic N) is 1. The van der Waals surface area contributed by atoms with Gasteiger partial charge in [0.25, 0.3) is 5.91 Å².